The fraction of sp³-hybridized carbons (Fsp3) is 0.444. The number of hydrogen-bond acceptors (Lipinski definition) is 4. The van der Waals surface area contributed by atoms with E-state index in [4.69, 9.17) is 4.74 Å². The molecule has 2 heterocycles. The van der Waals surface area contributed by atoms with Crippen LogP contribution >= 0.6 is 11.3 Å². The predicted octanol–water partition coefficient (Wildman–Crippen LogP) is 3.15. The second-order valence-electron chi connectivity index (χ2n) is 5.67. The van der Waals surface area contributed by atoms with E-state index >= 15 is 0 Å². The van der Waals surface area contributed by atoms with Crippen molar-refractivity contribution in [3.05, 3.63) is 45.8 Å². The number of hydrogen-bond donors (Lipinski definition) is 2. The molecule has 24 heavy (non-hydrogen) atoms. The third-order valence-corrected chi connectivity index (χ3v) is 4.48. The van der Waals surface area contributed by atoms with Crippen LogP contribution in [-0.4, -0.2) is 30.6 Å². The highest BCUT2D eigenvalue weighted by Gasteiger charge is 2.08. The maximum Gasteiger partial charge on any atom is 0.212 e. The maximum absolute atomic E-state index is 5.07. The van der Waals surface area contributed by atoms with Crippen LogP contribution in [0.4, 0.5) is 0 Å². The number of methoxy groups -OCH3 is 1. The second kappa shape index (κ2) is 9.27. The number of pyridine rings is 1. The topological polar surface area (TPSA) is 58.5 Å². The monoisotopic (exact) mass is 346 g/mol. The zero-order valence-corrected chi connectivity index (χ0v) is 15.6. The summed E-state index contributed by atoms with van der Waals surface area (Å²) >= 11 is 1.85. The van der Waals surface area contributed by atoms with Gasteiger partial charge < -0.3 is 15.4 Å². The number of aliphatic imine (C=N–C) groups is 1. The van der Waals surface area contributed by atoms with Crippen molar-refractivity contribution in [3.8, 4) is 5.88 Å². The molecule has 0 fully saturated rings. The summed E-state index contributed by atoms with van der Waals surface area (Å²) in [6.45, 7) is 7.80. The largest absolute Gasteiger partial charge is 0.481 e. The minimum Gasteiger partial charge on any atom is -0.481 e. The van der Waals surface area contributed by atoms with Crippen LogP contribution in [-0.2, 0) is 13.0 Å². The zero-order chi connectivity index (χ0) is 17.4. The lowest BCUT2D eigenvalue weighted by molar-refractivity contribution is 0.397. The smallest absolute Gasteiger partial charge is 0.212 e. The number of aryl methyl sites for hydroxylation is 1. The highest BCUT2D eigenvalue weighted by atomic mass is 32.1. The lowest BCUT2D eigenvalue weighted by Crippen LogP contribution is -2.43. The fourth-order valence-electron chi connectivity index (χ4n) is 2.30. The Hall–Kier alpha value is -2.08. The van der Waals surface area contributed by atoms with Gasteiger partial charge in [0.05, 0.1) is 13.7 Å². The number of nitrogens with zero attached hydrogens (tertiary/aromatic N) is 2. The predicted molar refractivity (Wildman–Crippen MR) is 101 cm³/mol. The van der Waals surface area contributed by atoms with Gasteiger partial charge in [0, 0.05) is 41.0 Å². The number of rotatable bonds is 7. The summed E-state index contributed by atoms with van der Waals surface area (Å²) in [6, 6.07) is 8.52. The van der Waals surface area contributed by atoms with Gasteiger partial charge in [-0.3, -0.25) is 0 Å². The molecule has 0 bridgehead atoms. The van der Waals surface area contributed by atoms with Crippen molar-refractivity contribution in [3.63, 3.8) is 0 Å². The van der Waals surface area contributed by atoms with E-state index in [-0.39, 0.29) is 0 Å². The molecule has 1 unspecified atom stereocenters. The lowest BCUT2D eigenvalue weighted by atomic mass is 10.2. The van der Waals surface area contributed by atoms with Crippen molar-refractivity contribution in [1.82, 2.24) is 15.6 Å². The Balaban J connectivity index is 1.93. The first-order chi connectivity index (χ1) is 11.6. The highest BCUT2D eigenvalue weighted by molar-refractivity contribution is 7.11. The van der Waals surface area contributed by atoms with E-state index in [0.717, 1.165) is 24.5 Å². The second-order valence-corrected chi connectivity index (χ2v) is 7.04. The average Bonchev–Trinajstić information content (AvgIpc) is 2.98. The van der Waals surface area contributed by atoms with Crippen LogP contribution in [0.2, 0.25) is 0 Å². The molecule has 2 rings (SSSR count). The van der Waals surface area contributed by atoms with Crippen LogP contribution in [0.1, 0.15) is 29.2 Å². The van der Waals surface area contributed by atoms with E-state index in [1.165, 1.54) is 9.75 Å². The summed E-state index contributed by atoms with van der Waals surface area (Å²) in [7, 11) is 1.61. The molecule has 0 aromatic carbocycles. The Morgan fingerprint density at radius 2 is 2.17 bits per heavy atom. The van der Waals surface area contributed by atoms with Crippen LogP contribution in [0.5, 0.6) is 5.88 Å². The van der Waals surface area contributed by atoms with Crippen molar-refractivity contribution < 1.29 is 4.74 Å². The summed E-state index contributed by atoms with van der Waals surface area (Å²) in [5, 5.41) is 6.76. The number of aromatic nitrogens is 1. The van der Waals surface area contributed by atoms with Gasteiger partial charge >= 0.3 is 0 Å². The Bertz CT molecular complexity index is 651. The molecule has 0 amide bonds. The first-order valence-corrected chi connectivity index (χ1v) is 9.01. The number of thiophene rings is 1. The van der Waals surface area contributed by atoms with Gasteiger partial charge in [-0.05, 0) is 38.5 Å². The van der Waals surface area contributed by atoms with Crippen molar-refractivity contribution in [2.75, 3.05) is 13.7 Å². The zero-order valence-electron chi connectivity index (χ0n) is 14.8. The molecule has 0 saturated carbocycles. The fourth-order valence-corrected chi connectivity index (χ4v) is 3.32. The van der Waals surface area contributed by atoms with Crippen molar-refractivity contribution in [2.24, 2.45) is 4.99 Å². The van der Waals surface area contributed by atoms with E-state index in [9.17, 15) is 0 Å². The molecular weight excluding hydrogens is 320 g/mol. The SMILES string of the molecule is CCNC(=NCc1ccc(OC)nc1)NC(C)Cc1ccc(C)s1. The van der Waals surface area contributed by atoms with E-state index in [2.05, 4.69) is 53.5 Å². The van der Waals surface area contributed by atoms with Gasteiger partial charge in [-0.25, -0.2) is 9.98 Å². The molecule has 0 aliphatic carbocycles. The Kier molecular flexibility index (Phi) is 7.06. The molecule has 0 saturated heterocycles. The van der Waals surface area contributed by atoms with E-state index in [1.54, 1.807) is 13.3 Å². The minimum absolute atomic E-state index is 0.315. The summed E-state index contributed by atoms with van der Waals surface area (Å²) in [6.07, 6.45) is 2.79. The average molecular weight is 347 g/mol. The van der Waals surface area contributed by atoms with Crippen LogP contribution in [0.15, 0.2) is 35.5 Å². The van der Waals surface area contributed by atoms with Crippen LogP contribution in [0.3, 0.4) is 0 Å². The molecule has 0 spiro atoms. The van der Waals surface area contributed by atoms with Crippen molar-refractivity contribution >= 4 is 17.3 Å². The quantitative estimate of drug-likeness (QED) is 0.597. The molecule has 0 radical (unpaired) electrons. The van der Waals surface area contributed by atoms with Gasteiger partial charge in [-0.2, -0.15) is 0 Å². The van der Waals surface area contributed by atoms with Gasteiger partial charge in [0.1, 0.15) is 0 Å². The standard InChI is InChI=1S/C18H26N4OS/c1-5-19-18(21-12-15-7-9-17(23-4)20-11-15)22-13(2)10-16-8-6-14(3)24-16/h6-9,11,13H,5,10,12H2,1-4H3,(H2,19,21,22). The van der Waals surface area contributed by atoms with Crippen molar-refractivity contribution in [2.45, 2.75) is 39.8 Å². The first kappa shape index (κ1) is 18.3. The molecule has 1 atom stereocenters. The number of ether oxygens (including phenoxy) is 1. The highest BCUT2D eigenvalue weighted by Crippen LogP contribution is 2.16. The normalized spacial score (nSPS) is 12.8. The summed E-state index contributed by atoms with van der Waals surface area (Å²) < 4.78 is 5.07. The van der Waals surface area contributed by atoms with E-state index in [1.807, 2.05) is 23.5 Å². The molecule has 2 N–H and O–H groups in total. The molecule has 0 aliphatic heterocycles. The molecular formula is C18H26N4OS. The molecule has 5 nitrogen and oxygen atoms in total. The summed E-state index contributed by atoms with van der Waals surface area (Å²) in [5.41, 5.74) is 1.05. The van der Waals surface area contributed by atoms with Gasteiger partial charge in [-0.1, -0.05) is 6.07 Å². The number of guanidine groups is 1. The lowest BCUT2D eigenvalue weighted by Gasteiger charge is -2.17. The van der Waals surface area contributed by atoms with E-state index < -0.39 is 0 Å². The van der Waals surface area contributed by atoms with Crippen LogP contribution in [0, 0.1) is 6.92 Å². The van der Waals surface area contributed by atoms with Gasteiger partial charge in [-0.15, -0.1) is 11.3 Å². The minimum atomic E-state index is 0.315. The van der Waals surface area contributed by atoms with Gasteiger partial charge in [0.25, 0.3) is 0 Å². The number of nitrogens with one attached hydrogen (secondary N) is 2. The van der Waals surface area contributed by atoms with Gasteiger partial charge in [0.2, 0.25) is 5.88 Å². The Labute approximate surface area is 148 Å². The molecule has 6 heteroatoms. The first-order valence-electron chi connectivity index (χ1n) is 8.19. The Morgan fingerprint density at radius 1 is 1.33 bits per heavy atom. The van der Waals surface area contributed by atoms with Crippen molar-refractivity contribution in [1.29, 1.82) is 0 Å². The van der Waals surface area contributed by atoms with Crippen LogP contribution < -0.4 is 15.4 Å². The molecule has 2 aromatic heterocycles. The third-order valence-electron chi connectivity index (χ3n) is 3.46. The maximum atomic E-state index is 5.07. The summed E-state index contributed by atoms with van der Waals surface area (Å²) in [4.78, 5) is 11.6. The molecule has 0 aliphatic rings. The Morgan fingerprint density at radius 3 is 2.75 bits per heavy atom. The van der Waals surface area contributed by atoms with Crippen LogP contribution in [0.25, 0.3) is 0 Å². The summed E-state index contributed by atoms with van der Waals surface area (Å²) in [5.74, 6) is 1.45. The molecule has 130 valence electrons. The van der Waals surface area contributed by atoms with Gasteiger partial charge in [0.15, 0.2) is 5.96 Å². The molecule has 2 aromatic rings. The third kappa shape index (κ3) is 5.85. The van der Waals surface area contributed by atoms with E-state index in [0.29, 0.717) is 18.5 Å².